The molecule has 2 heterocycles. The third-order valence-electron chi connectivity index (χ3n) is 4.09. The van der Waals surface area contributed by atoms with Crippen LogP contribution in [-0.4, -0.2) is 17.8 Å². The third-order valence-corrected chi connectivity index (χ3v) is 6.44. The van der Waals surface area contributed by atoms with E-state index in [2.05, 4.69) is 0 Å². The van der Waals surface area contributed by atoms with Crippen molar-refractivity contribution in [3.63, 3.8) is 0 Å². The lowest BCUT2D eigenvalue weighted by Crippen LogP contribution is -2.48. The maximum atomic E-state index is 14.5. The van der Waals surface area contributed by atoms with Gasteiger partial charge < -0.3 is 0 Å². The van der Waals surface area contributed by atoms with Crippen LogP contribution in [0.25, 0.3) is 11.1 Å². The topological polar surface area (TPSA) is 0 Å². The van der Waals surface area contributed by atoms with Crippen molar-refractivity contribution in [2.24, 2.45) is 0 Å². The Bertz CT molecular complexity index is 820. The summed E-state index contributed by atoms with van der Waals surface area (Å²) in [5, 5.41) is 0. The van der Waals surface area contributed by atoms with Gasteiger partial charge in [-0.05, 0) is 44.0 Å². The number of alkyl halides is 6. The van der Waals surface area contributed by atoms with Crippen molar-refractivity contribution in [3.8, 4) is 0 Å². The van der Waals surface area contributed by atoms with Crippen LogP contribution in [0.5, 0.6) is 0 Å². The van der Waals surface area contributed by atoms with E-state index in [1.807, 2.05) is 0 Å². The van der Waals surface area contributed by atoms with Crippen molar-refractivity contribution in [1.82, 2.24) is 0 Å². The Morgan fingerprint density at radius 2 is 1.40 bits per heavy atom. The van der Waals surface area contributed by atoms with E-state index < -0.39 is 28.9 Å². The van der Waals surface area contributed by atoms with Gasteiger partial charge in [0.1, 0.15) is 0 Å². The van der Waals surface area contributed by atoms with Crippen molar-refractivity contribution in [2.45, 2.75) is 38.5 Å². The first kappa shape index (κ1) is 18.8. The zero-order valence-corrected chi connectivity index (χ0v) is 15.5. The summed E-state index contributed by atoms with van der Waals surface area (Å²) in [6.07, 6.45) is 0. The molecule has 0 bridgehead atoms. The van der Waals surface area contributed by atoms with Crippen LogP contribution in [0.1, 0.15) is 25.8 Å². The minimum atomic E-state index is -5.53. The molecule has 2 aromatic rings. The number of hydrogen-bond acceptors (Lipinski definition) is 2. The van der Waals surface area contributed by atoms with Crippen molar-refractivity contribution in [3.05, 3.63) is 42.2 Å². The van der Waals surface area contributed by atoms with Gasteiger partial charge >= 0.3 is 17.8 Å². The number of rotatable bonds is 2. The Hall–Kier alpha value is -0.990. The Balaban J connectivity index is 2.46. The highest BCUT2D eigenvalue weighted by atomic mass is 35.5. The zero-order chi connectivity index (χ0) is 18.9. The summed E-state index contributed by atoms with van der Waals surface area (Å²) < 4.78 is 86.3. The zero-order valence-electron chi connectivity index (χ0n) is 13.1. The summed E-state index contributed by atoms with van der Waals surface area (Å²) in [6.45, 7) is 4.41. The average Bonchev–Trinajstić information content (AvgIpc) is 2.98. The quantitative estimate of drug-likeness (QED) is 0.453. The first-order valence-electron chi connectivity index (χ1n) is 7.04. The molecule has 9 heteroatoms. The molecular formula is C16H11ClF6S2. The van der Waals surface area contributed by atoms with Crippen LogP contribution >= 0.6 is 34.3 Å². The Labute approximate surface area is 152 Å². The lowest BCUT2D eigenvalue weighted by Gasteiger charge is -2.25. The van der Waals surface area contributed by atoms with E-state index in [9.17, 15) is 26.3 Å². The highest BCUT2D eigenvalue weighted by Crippen LogP contribution is 2.66. The van der Waals surface area contributed by atoms with Gasteiger partial charge in [0.2, 0.25) is 0 Å². The number of allylic oxidation sites excluding steroid dienone is 2. The van der Waals surface area contributed by atoms with Crippen LogP contribution in [0.3, 0.4) is 0 Å². The standard InChI is InChI=1S/C16H11ClF6S2/c1-6-4-7(2)24-13(6)12-11(9-5-10(17)25-8(9)3)14(18,19)16(22,23)15(12,20)21/h4-5H,1-3H3. The second-order valence-corrected chi connectivity index (χ2v) is 9.01. The van der Waals surface area contributed by atoms with Gasteiger partial charge in [-0.1, -0.05) is 11.6 Å². The van der Waals surface area contributed by atoms with Gasteiger partial charge in [-0.25, -0.2) is 0 Å². The van der Waals surface area contributed by atoms with Crippen molar-refractivity contribution in [2.75, 3.05) is 0 Å². The van der Waals surface area contributed by atoms with Crippen LogP contribution < -0.4 is 0 Å². The molecule has 0 N–H and O–H groups in total. The number of halogens is 7. The minimum absolute atomic E-state index is 0.0627. The van der Waals surface area contributed by atoms with Crippen molar-refractivity contribution < 1.29 is 26.3 Å². The molecule has 1 aliphatic rings. The van der Waals surface area contributed by atoms with Crippen LogP contribution in [0.15, 0.2) is 12.1 Å². The summed E-state index contributed by atoms with van der Waals surface area (Å²) in [5.74, 6) is -15.6. The van der Waals surface area contributed by atoms with Gasteiger partial charge in [-0.2, -0.15) is 26.3 Å². The number of hydrogen-bond donors (Lipinski definition) is 0. The summed E-state index contributed by atoms with van der Waals surface area (Å²) in [4.78, 5) is 0.487. The fourth-order valence-electron chi connectivity index (χ4n) is 2.97. The second-order valence-electron chi connectivity index (χ2n) is 5.86. The molecule has 2 aromatic heterocycles. The second kappa shape index (κ2) is 5.50. The summed E-state index contributed by atoms with van der Waals surface area (Å²) in [6, 6.07) is 2.54. The van der Waals surface area contributed by atoms with E-state index in [1.165, 1.54) is 19.9 Å². The first-order valence-corrected chi connectivity index (χ1v) is 9.06. The monoisotopic (exact) mass is 416 g/mol. The van der Waals surface area contributed by atoms with E-state index in [4.69, 9.17) is 11.6 Å². The van der Waals surface area contributed by atoms with Crippen molar-refractivity contribution >= 4 is 45.4 Å². The van der Waals surface area contributed by atoms with E-state index in [-0.39, 0.29) is 25.2 Å². The summed E-state index contributed by atoms with van der Waals surface area (Å²) >= 11 is 7.45. The highest BCUT2D eigenvalue weighted by Gasteiger charge is 2.80. The van der Waals surface area contributed by atoms with Gasteiger partial charge in [0.15, 0.2) is 0 Å². The number of thiophene rings is 2. The maximum Gasteiger partial charge on any atom is 0.380 e. The van der Waals surface area contributed by atoms with Crippen LogP contribution in [0, 0.1) is 20.8 Å². The van der Waals surface area contributed by atoms with Crippen molar-refractivity contribution in [1.29, 1.82) is 0 Å². The molecule has 136 valence electrons. The van der Waals surface area contributed by atoms with Crippen LogP contribution in [0.2, 0.25) is 4.34 Å². The maximum absolute atomic E-state index is 14.5. The van der Waals surface area contributed by atoms with E-state index in [0.717, 1.165) is 28.7 Å². The summed E-state index contributed by atoms with van der Waals surface area (Å²) in [7, 11) is 0. The minimum Gasteiger partial charge on any atom is -0.194 e. The molecule has 0 unspecified atom stereocenters. The molecule has 0 atom stereocenters. The fourth-order valence-corrected chi connectivity index (χ4v) is 5.28. The molecule has 0 nitrogen and oxygen atoms in total. The molecule has 0 amide bonds. The van der Waals surface area contributed by atoms with Gasteiger partial charge in [0.25, 0.3) is 0 Å². The van der Waals surface area contributed by atoms with E-state index in [0.29, 0.717) is 4.88 Å². The van der Waals surface area contributed by atoms with Gasteiger partial charge in [0, 0.05) is 20.2 Å². The molecule has 3 rings (SSSR count). The molecule has 1 aliphatic carbocycles. The fraction of sp³-hybridized carbons (Fsp3) is 0.375. The molecule has 0 aliphatic heterocycles. The molecular weight excluding hydrogens is 406 g/mol. The Kier molecular flexibility index (Phi) is 4.14. The summed E-state index contributed by atoms with van der Waals surface area (Å²) in [5.41, 5.74) is -2.76. The lowest BCUT2D eigenvalue weighted by atomic mass is 9.98. The predicted octanol–water partition coefficient (Wildman–Crippen LogP) is 7.22. The van der Waals surface area contributed by atoms with Crippen LogP contribution in [-0.2, 0) is 0 Å². The van der Waals surface area contributed by atoms with Gasteiger partial charge in [-0.15, -0.1) is 22.7 Å². The lowest BCUT2D eigenvalue weighted by molar-refractivity contribution is -0.254. The highest BCUT2D eigenvalue weighted by molar-refractivity contribution is 7.16. The van der Waals surface area contributed by atoms with Crippen LogP contribution in [0.4, 0.5) is 26.3 Å². The SMILES string of the molecule is Cc1cc(C)c(C2=C(c3cc(Cl)sc3C)C(F)(F)C(F)(F)C2(F)F)s1. The molecule has 25 heavy (non-hydrogen) atoms. The smallest absolute Gasteiger partial charge is 0.194 e. The average molecular weight is 417 g/mol. The largest absolute Gasteiger partial charge is 0.380 e. The predicted molar refractivity (Wildman–Crippen MR) is 89.5 cm³/mol. The molecule has 0 saturated carbocycles. The number of aryl methyl sites for hydroxylation is 3. The Morgan fingerprint density at radius 3 is 1.84 bits per heavy atom. The normalized spacial score (nSPS) is 21.2. The molecule has 0 fully saturated rings. The first-order chi connectivity index (χ1) is 11.3. The molecule has 0 spiro atoms. The Morgan fingerprint density at radius 1 is 0.840 bits per heavy atom. The van der Waals surface area contributed by atoms with E-state index >= 15 is 0 Å². The molecule has 0 aromatic carbocycles. The van der Waals surface area contributed by atoms with E-state index in [1.54, 1.807) is 6.92 Å². The third kappa shape index (κ3) is 2.40. The van der Waals surface area contributed by atoms with Gasteiger partial charge in [0.05, 0.1) is 9.91 Å². The molecule has 0 radical (unpaired) electrons. The molecule has 0 saturated heterocycles. The van der Waals surface area contributed by atoms with Gasteiger partial charge in [-0.3, -0.25) is 0 Å².